The third-order valence-electron chi connectivity index (χ3n) is 3.01. The third-order valence-corrected chi connectivity index (χ3v) is 3.27. The predicted octanol–water partition coefficient (Wildman–Crippen LogP) is 2.89. The Morgan fingerprint density at radius 2 is 2.09 bits per heavy atom. The van der Waals surface area contributed by atoms with Gasteiger partial charge >= 0.3 is 0 Å². The first-order valence-electron chi connectivity index (χ1n) is 6.54. The molecule has 0 aliphatic carbocycles. The maximum Gasteiger partial charge on any atom is 0.216 e. The van der Waals surface area contributed by atoms with E-state index in [9.17, 15) is 0 Å². The van der Waals surface area contributed by atoms with Gasteiger partial charge in [-0.2, -0.15) is 14.9 Å². The second-order valence-corrected chi connectivity index (χ2v) is 4.81. The molecule has 0 fully saturated rings. The molecule has 0 atom stereocenters. The van der Waals surface area contributed by atoms with Crippen LogP contribution in [0.15, 0.2) is 53.9 Å². The van der Waals surface area contributed by atoms with Gasteiger partial charge in [0.1, 0.15) is 5.75 Å². The van der Waals surface area contributed by atoms with Crippen LogP contribution in [0.1, 0.15) is 5.56 Å². The molecule has 1 N–H and O–H groups in total. The summed E-state index contributed by atoms with van der Waals surface area (Å²) in [6.07, 6.45) is 5.13. The van der Waals surface area contributed by atoms with Crippen molar-refractivity contribution in [3.8, 4) is 17.1 Å². The van der Waals surface area contributed by atoms with E-state index >= 15 is 0 Å². The first-order valence-corrected chi connectivity index (χ1v) is 6.95. The van der Waals surface area contributed by atoms with Crippen molar-refractivity contribution >= 4 is 18.4 Å². The van der Waals surface area contributed by atoms with E-state index < -0.39 is 0 Å². The highest BCUT2D eigenvalue weighted by Gasteiger charge is 2.07. The average Bonchev–Trinajstić information content (AvgIpc) is 2.95. The largest absolute Gasteiger partial charge is 0.497 e. The highest BCUT2D eigenvalue weighted by atomic mass is 32.1. The molecule has 2 heterocycles. The molecule has 0 saturated carbocycles. The lowest BCUT2D eigenvalue weighted by Gasteiger charge is -2.01. The maximum absolute atomic E-state index is 5.22. The molecule has 2 aromatic heterocycles. The van der Waals surface area contributed by atoms with E-state index in [1.54, 1.807) is 30.4 Å². The molecule has 0 bridgehead atoms. The van der Waals surface area contributed by atoms with Crippen LogP contribution in [0.2, 0.25) is 0 Å². The fraction of sp³-hybridized carbons (Fsp3) is 0.0667. The summed E-state index contributed by atoms with van der Waals surface area (Å²) in [7, 11) is 1.63. The smallest absolute Gasteiger partial charge is 0.216 e. The van der Waals surface area contributed by atoms with Crippen molar-refractivity contribution < 1.29 is 4.74 Å². The van der Waals surface area contributed by atoms with E-state index in [4.69, 9.17) is 17.0 Å². The minimum absolute atomic E-state index is 0.420. The molecule has 0 aliphatic rings. The van der Waals surface area contributed by atoms with Crippen molar-refractivity contribution in [1.82, 2.24) is 19.9 Å². The minimum Gasteiger partial charge on any atom is -0.497 e. The molecule has 110 valence electrons. The van der Waals surface area contributed by atoms with Gasteiger partial charge in [0.2, 0.25) is 4.77 Å². The lowest BCUT2D eigenvalue weighted by atomic mass is 10.2. The Kier molecular flexibility index (Phi) is 4.06. The molecule has 0 radical (unpaired) electrons. The number of H-pyrrole nitrogens is 1. The average molecular weight is 311 g/mol. The monoisotopic (exact) mass is 311 g/mol. The van der Waals surface area contributed by atoms with E-state index in [-0.39, 0.29) is 0 Å². The molecule has 22 heavy (non-hydrogen) atoms. The Hall–Kier alpha value is -2.80. The second-order valence-electron chi connectivity index (χ2n) is 4.42. The molecule has 3 aromatic rings. The van der Waals surface area contributed by atoms with Gasteiger partial charge in [0, 0.05) is 18.0 Å². The molecule has 0 spiro atoms. The zero-order valence-electron chi connectivity index (χ0n) is 11.8. The Balaban J connectivity index is 1.93. The Labute approximate surface area is 132 Å². The van der Waals surface area contributed by atoms with Gasteiger partial charge in [-0.3, -0.25) is 4.98 Å². The molecule has 1 aromatic carbocycles. The summed E-state index contributed by atoms with van der Waals surface area (Å²) in [5.41, 5.74) is 1.77. The summed E-state index contributed by atoms with van der Waals surface area (Å²) >= 11 is 5.22. The zero-order valence-corrected chi connectivity index (χ0v) is 12.6. The zero-order chi connectivity index (χ0) is 15.4. The quantitative estimate of drug-likeness (QED) is 0.594. The number of hydrogen-bond donors (Lipinski definition) is 1. The fourth-order valence-electron chi connectivity index (χ4n) is 1.90. The molecule has 6 nitrogen and oxygen atoms in total. The van der Waals surface area contributed by atoms with Crippen LogP contribution in [0.25, 0.3) is 11.4 Å². The van der Waals surface area contributed by atoms with Gasteiger partial charge in [0.15, 0.2) is 5.82 Å². The number of nitrogens with zero attached hydrogens (tertiary/aromatic N) is 4. The molecule has 3 rings (SSSR count). The van der Waals surface area contributed by atoms with E-state index in [0.717, 1.165) is 16.9 Å². The van der Waals surface area contributed by atoms with Crippen LogP contribution in [0.3, 0.4) is 0 Å². The van der Waals surface area contributed by atoms with Crippen LogP contribution in [0.5, 0.6) is 5.75 Å². The number of rotatable bonds is 4. The lowest BCUT2D eigenvalue weighted by molar-refractivity contribution is 0.415. The Bertz CT molecular complexity index is 836. The van der Waals surface area contributed by atoms with E-state index in [1.165, 1.54) is 0 Å². The molecular weight excluding hydrogens is 298 g/mol. The van der Waals surface area contributed by atoms with Crippen LogP contribution in [0, 0.1) is 4.77 Å². The maximum atomic E-state index is 5.22. The molecular formula is C15H13N5OS. The van der Waals surface area contributed by atoms with E-state index in [1.807, 2.05) is 36.4 Å². The number of aromatic amines is 1. The molecule has 0 amide bonds. The third kappa shape index (κ3) is 2.94. The number of ether oxygens (including phenoxy) is 1. The number of methoxy groups -OCH3 is 1. The van der Waals surface area contributed by atoms with Gasteiger partial charge in [-0.1, -0.05) is 0 Å². The number of pyridine rings is 1. The Morgan fingerprint density at radius 1 is 1.27 bits per heavy atom. The first kappa shape index (κ1) is 14.2. The highest BCUT2D eigenvalue weighted by molar-refractivity contribution is 7.71. The molecule has 0 saturated heterocycles. The summed E-state index contributed by atoms with van der Waals surface area (Å²) in [5.74, 6) is 1.41. The second kappa shape index (κ2) is 6.31. The summed E-state index contributed by atoms with van der Waals surface area (Å²) in [4.78, 5) is 4.08. The SMILES string of the molecule is COc1ccc(C=Nn2c(-c3cccnc3)n[nH]c2=S)cc1. The summed E-state index contributed by atoms with van der Waals surface area (Å²) < 4.78 is 7.11. The normalized spacial score (nSPS) is 11.0. The first-order chi connectivity index (χ1) is 10.8. The number of aromatic nitrogens is 4. The van der Waals surface area contributed by atoms with Crippen molar-refractivity contribution in [3.63, 3.8) is 0 Å². The van der Waals surface area contributed by atoms with Crippen molar-refractivity contribution in [1.29, 1.82) is 0 Å². The van der Waals surface area contributed by atoms with Crippen molar-refractivity contribution in [2.24, 2.45) is 5.10 Å². The number of nitrogens with one attached hydrogen (secondary N) is 1. The topological polar surface area (TPSA) is 68.1 Å². The lowest BCUT2D eigenvalue weighted by Crippen LogP contribution is -1.95. The molecule has 0 aliphatic heterocycles. The van der Waals surface area contributed by atoms with Crippen LogP contribution in [0.4, 0.5) is 0 Å². The van der Waals surface area contributed by atoms with E-state index in [0.29, 0.717) is 10.6 Å². The minimum atomic E-state index is 0.420. The van der Waals surface area contributed by atoms with Crippen molar-refractivity contribution in [2.45, 2.75) is 0 Å². The predicted molar refractivity (Wildman–Crippen MR) is 86.6 cm³/mol. The van der Waals surface area contributed by atoms with Crippen molar-refractivity contribution in [2.75, 3.05) is 7.11 Å². The Morgan fingerprint density at radius 3 is 2.77 bits per heavy atom. The fourth-order valence-corrected chi connectivity index (χ4v) is 2.07. The molecule has 7 heteroatoms. The van der Waals surface area contributed by atoms with Gasteiger partial charge in [-0.05, 0) is 54.2 Å². The standard InChI is InChI=1S/C15H13N5OS/c1-21-13-6-4-11(5-7-13)9-17-20-14(18-19-15(20)22)12-3-2-8-16-10-12/h2-10H,1H3,(H,19,22). The van der Waals surface area contributed by atoms with Crippen LogP contribution >= 0.6 is 12.2 Å². The highest BCUT2D eigenvalue weighted by Crippen LogP contribution is 2.15. The van der Waals surface area contributed by atoms with E-state index in [2.05, 4.69) is 20.3 Å². The van der Waals surface area contributed by atoms with Gasteiger partial charge in [0.25, 0.3) is 0 Å². The summed E-state index contributed by atoms with van der Waals surface area (Å²) in [6.45, 7) is 0. The van der Waals surface area contributed by atoms with Gasteiger partial charge in [-0.25, -0.2) is 5.10 Å². The molecule has 0 unspecified atom stereocenters. The van der Waals surface area contributed by atoms with Crippen LogP contribution in [-0.4, -0.2) is 33.2 Å². The summed E-state index contributed by atoms with van der Waals surface area (Å²) in [5, 5.41) is 11.3. The summed E-state index contributed by atoms with van der Waals surface area (Å²) in [6, 6.07) is 11.3. The van der Waals surface area contributed by atoms with Crippen LogP contribution < -0.4 is 4.74 Å². The van der Waals surface area contributed by atoms with Gasteiger partial charge in [0.05, 0.1) is 13.3 Å². The van der Waals surface area contributed by atoms with Gasteiger partial charge in [-0.15, -0.1) is 0 Å². The van der Waals surface area contributed by atoms with Gasteiger partial charge < -0.3 is 4.74 Å². The number of hydrogen-bond acceptors (Lipinski definition) is 5. The van der Waals surface area contributed by atoms with Crippen LogP contribution in [-0.2, 0) is 0 Å². The van der Waals surface area contributed by atoms with Crippen molar-refractivity contribution in [3.05, 3.63) is 59.1 Å². The number of benzene rings is 1.